The Balaban J connectivity index is 1.23. The van der Waals surface area contributed by atoms with Gasteiger partial charge in [0.15, 0.2) is 11.1 Å². The number of allylic oxidation sites excluding steroid dienone is 2. The number of carbonyl (C=O) groups is 2. The SMILES string of the molecule is COc1cc(C(=O)NC2(c3nc4cc(CN5CC(F)C5)cc(C#N)c4o3)C=CC=C(c3ccccc3C)C2Cl)ncc1CN1CC(OC(C)=O)C1. The lowest BCUT2D eigenvalue weighted by Gasteiger charge is -2.38. The van der Waals surface area contributed by atoms with Crippen molar-refractivity contribution in [1.82, 2.24) is 25.1 Å². The number of hydrogen-bond acceptors (Lipinski definition) is 10. The van der Waals surface area contributed by atoms with Crippen LogP contribution in [0.5, 0.6) is 5.75 Å². The van der Waals surface area contributed by atoms with Gasteiger partial charge in [-0.3, -0.25) is 24.4 Å². The van der Waals surface area contributed by atoms with Gasteiger partial charge in [0.2, 0.25) is 5.89 Å². The average molecular weight is 711 g/mol. The van der Waals surface area contributed by atoms with E-state index in [0.29, 0.717) is 50.5 Å². The van der Waals surface area contributed by atoms with Gasteiger partial charge in [-0.05, 0) is 47.4 Å². The number of nitriles is 1. The first-order chi connectivity index (χ1) is 24.6. The molecule has 0 saturated carbocycles. The predicted octanol–water partition coefficient (Wildman–Crippen LogP) is 5.20. The fraction of sp³-hybridized carbons (Fsp3) is 0.342. The number of hydrogen-bond donors (Lipinski definition) is 1. The van der Waals surface area contributed by atoms with Crippen molar-refractivity contribution in [2.75, 3.05) is 33.3 Å². The molecule has 1 N–H and O–H groups in total. The summed E-state index contributed by atoms with van der Waals surface area (Å²) in [6.07, 6.45) is 6.02. The molecule has 2 atom stereocenters. The summed E-state index contributed by atoms with van der Waals surface area (Å²) >= 11 is 7.40. The molecule has 4 heterocycles. The zero-order valence-electron chi connectivity index (χ0n) is 28.4. The minimum Gasteiger partial charge on any atom is -0.496 e. The maximum absolute atomic E-state index is 14.2. The molecular weight excluding hydrogens is 675 g/mol. The molecule has 0 bridgehead atoms. The Morgan fingerprint density at radius 2 is 1.92 bits per heavy atom. The molecule has 3 aliphatic rings. The zero-order valence-corrected chi connectivity index (χ0v) is 29.1. The molecule has 2 saturated heterocycles. The van der Waals surface area contributed by atoms with Crippen molar-refractivity contribution in [2.45, 2.75) is 50.1 Å². The molecule has 51 heavy (non-hydrogen) atoms. The Bertz CT molecular complexity index is 2120. The quantitative estimate of drug-likeness (QED) is 0.173. The number of aromatic nitrogens is 2. The van der Waals surface area contributed by atoms with Gasteiger partial charge in [-0.1, -0.05) is 36.4 Å². The Hall–Kier alpha value is -5.09. The van der Waals surface area contributed by atoms with Crippen molar-refractivity contribution >= 4 is 40.2 Å². The zero-order chi connectivity index (χ0) is 35.9. The van der Waals surface area contributed by atoms with E-state index in [1.54, 1.807) is 30.5 Å². The highest BCUT2D eigenvalue weighted by Gasteiger charge is 2.47. The highest BCUT2D eigenvalue weighted by molar-refractivity contribution is 6.28. The number of aryl methyl sites for hydroxylation is 1. The molecule has 2 unspecified atom stereocenters. The number of alkyl halides is 2. The maximum Gasteiger partial charge on any atom is 0.302 e. The molecule has 11 nitrogen and oxygen atoms in total. The van der Waals surface area contributed by atoms with Crippen LogP contribution in [0.25, 0.3) is 16.7 Å². The number of carbonyl (C=O) groups excluding carboxylic acids is 2. The Kier molecular flexibility index (Phi) is 9.37. The average Bonchev–Trinajstić information content (AvgIpc) is 3.52. The number of benzene rings is 2. The number of methoxy groups -OCH3 is 1. The summed E-state index contributed by atoms with van der Waals surface area (Å²) in [4.78, 5) is 38.8. The smallest absolute Gasteiger partial charge is 0.302 e. The predicted molar refractivity (Wildman–Crippen MR) is 188 cm³/mol. The van der Waals surface area contributed by atoms with Crippen LogP contribution in [0, 0.1) is 18.3 Å². The number of halogens is 2. The number of amides is 1. The van der Waals surface area contributed by atoms with Crippen molar-refractivity contribution in [3.05, 3.63) is 106 Å². The lowest BCUT2D eigenvalue weighted by atomic mass is 9.81. The van der Waals surface area contributed by atoms with Crippen molar-refractivity contribution in [3.8, 4) is 11.8 Å². The molecule has 0 radical (unpaired) electrons. The third-order valence-electron chi connectivity index (χ3n) is 9.47. The van der Waals surface area contributed by atoms with Gasteiger partial charge in [0.25, 0.3) is 5.91 Å². The molecule has 13 heteroatoms. The summed E-state index contributed by atoms with van der Waals surface area (Å²) in [5.74, 6) is -0.307. The van der Waals surface area contributed by atoms with E-state index < -0.39 is 23.0 Å². The van der Waals surface area contributed by atoms with E-state index in [2.05, 4.69) is 21.3 Å². The summed E-state index contributed by atoms with van der Waals surface area (Å²) in [5.41, 5.74) is 3.69. The van der Waals surface area contributed by atoms with E-state index in [1.807, 2.05) is 48.2 Å². The topological polar surface area (TPSA) is 134 Å². The fourth-order valence-corrected chi connectivity index (χ4v) is 7.28. The minimum absolute atomic E-state index is 0.0810. The summed E-state index contributed by atoms with van der Waals surface area (Å²) < 4.78 is 30.8. The van der Waals surface area contributed by atoms with Crippen LogP contribution in [0.15, 0.2) is 71.3 Å². The van der Waals surface area contributed by atoms with Crippen LogP contribution in [0.4, 0.5) is 4.39 Å². The highest BCUT2D eigenvalue weighted by Crippen LogP contribution is 2.43. The second kappa shape index (κ2) is 13.9. The van der Waals surface area contributed by atoms with Gasteiger partial charge in [-0.25, -0.2) is 9.37 Å². The first-order valence-electron chi connectivity index (χ1n) is 16.6. The molecule has 2 aromatic carbocycles. The van der Waals surface area contributed by atoms with E-state index in [9.17, 15) is 19.2 Å². The Morgan fingerprint density at radius 3 is 2.63 bits per heavy atom. The number of esters is 1. The summed E-state index contributed by atoms with van der Waals surface area (Å²) in [7, 11) is 1.52. The van der Waals surface area contributed by atoms with E-state index in [4.69, 9.17) is 30.5 Å². The Labute approximate surface area is 299 Å². The van der Waals surface area contributed by atoms with Crippen LogP contribution in [-0.2, 0) is 28.2 Å². The first-order valence-corrected chi connectivity index (χ1v) is 17.1. The lowest BCUT2D eigenvalue weighted by molar-refractivity contribution is -0.155. The summed E-state index contributed by atoms with van der Waals surface area (Å²) in [5, 5.41) is 12.3. The third kappa shape index (κ3) is 6.72. The summed E-state index contributed by atoms with van der Waals surface area (Å²) in [6.45, 7) is 6.17. The lowest BCUT2D eigenvalue weighted by Crippen LogP contribution is -2.52. The van der Waals surface area contributed by atoms with Crippen LogP contribution in [0.1, 0.15) is 51.1 Å². The van der Waals surface area contributed by atoms with Gasteiger partial charge in [-0.2, -0.15) is 5.26 Å². The molecule has 2 aliphatic heterocycles. The molecule has 2 aromatic heterocycles. The van der Waals surface area contributed by atoms with Crippen molar-refractivity contribution in [3.63, 3.8) is 0 Å². The normalized spacial score (nSPS) is 21.0. The van der Waals surface area contributed by atoms with Crippen LogP contribution in [0.3, 0.4) is 0 Å². The number of oxazole rings is 1. The minimum atomic E-state index is -1.51. The van der Waals surface area contributed by atoms with E-state index in [-0.39, 0.29) is 34.8 Å². The molecule has 1 aliphatic carbocycles. The molecule has 2 fully saturated rings. The van der Waals surface area contributed by atoms with Crippen LogP contribution in [0.2, 0.25) is 0 Å². The van der Waals surface area contributed by atoms with E-state index in [0.717, 1.165) is 27.8 Å². The van der Waals surface area contributed by atoms with Gasteiger partial charge in [0.05, 0.1) is 18.1 Å². The van der Waals surface area contributed by atoms with E-state index in [1.165, 1.54) is 14.0 Å². The number of pyridine rings is 1. The number of likely N-dealkylation sites (tertiary alicyclic amines) is 2. The van der Waals surface area contributed by atoms with Gasteiger partial charge in [-0.15, -0.1) is 11.6 Å². The van der Waals surface area contributed by atoms with Crippen LogP contribution < -0.4 is 10.1 Å². The molecule has 4 aromatic rings. The maximum atomic E-state index is 14.2. The molecule has 1 amide bonds. The largest absolute Gasteiger partial charge is 0.496 e. The van der Waals surface area contributed by atoms with Crippen molar-refractivity contribution in [2.24, 2.45) is 0 Å². The number of ether oxygens (including phenoxy) is 2. The van der Waals surface area contributed by atoms with Gasteiger partial charge >= 0.3 is 5.97 Å². The second-order valence-electron chi connectivity index (χ2n) is 13.2. The fourth-order valence-electron chi connectivity index (χ4n) is 6.87. The van der Waals surface area contributed by atoms with Crippen molar-refractivity contribution in [1.29, 1.82) is 5.26 Å². The molecule has 262 valence electrons. The molecular formula is C38H36ClFN6O5. The number of rotatable bonds is 10. The van der Waals surface area contributed by atoms with E-state index >= 15 is 0 Å². The van der Waals surface area contributed by atoms with Crippen LogP contribution in [-0.4, -0.2) is 82.6 Å². The third-order valence-corrected chi connectivity index (χ3v) is 10.1. The van der Waals surface area contributed by atoms with Crippen LogP contribution >= 0.6 is 11.6 Å². The van der Waals surface area contributed by atoms with Crippen molar-refractivity contribution < 1.29 is 27.9 Å². The second-order valence-corrected chi connectivity index (χ2v) is 13.6. The number of nitrogens with one attached hydrogen (secondary N) is 1. The summed E-state index contributed by atoms with van der Waals surface area (Å²) in [6, 6.07) is 15.1. The first kappa shape index (κ1) is 34.4. The van der Waals surface area contributed by atoms with Gasteiger partial charge in [0.1, 0.15) is 35.3 Å². The number of nitrogens with zero attached hydrogens (tertiary/aromatic N) is 5. The molecule has 0 spiro atoms. The van der Waals surface area contributed by atoms with Gasteiger partial charge in [0, 0.05) is 64.0 Å². The highest BCUT2D eigenvalue weighted by atomic mass is 35.5. The monoisotopic (exact) mass is 710 g/mol. The standard InChI is InChI=1S/C38H36ClFN6O5/c1-22-7-4-5-8-29(22)30-9-6-10-38(35(30)39,37-43-31-12-24(16-45-18-27(40)19-45)11-25(14-41)34(31)51-37)44-36(48)32-13-33(49-3)26(15-42-32)17-46-20-28(21-46)50-23(2)47/h4-13,15,27-28,35H,16-21H2,1-3H3,(H,44,48). The Morgan fingerprint density at radius 1 is 1.16 bits per heavy atom. The number of fused-ring (bicyclic) bond motifs is 1. The van der Waals surface area contributed by atoms with Gasteiger partial charge < -0.3 is 19.2 Å². The molecule has 7 rings (SSSR count).